The van der Waals surface area contributed by atoms with Crippen molar-refractivity contribution in [1.29, 1.82) is 0 Å². The van der Waals surface area contributed by atoms with Crippen molar-refractivity contribution in [2.24, 2.45) is 0 Å². The zero-order valence-corrected chi connectivity index (χ0v) is 11.7. The third-order valence-corrected chi connectivity index (χ3v) is 3.89. The second kappa shape index (κ2) is 5.47. The summed E-state index contributed by atoms with van der Waals surface area (Å²) in [6, 6.07) is 13.9. The van der Waals surface area contributed by atoms with Gasteiger partial charge in [-0.3, -0.25) is 0 Å². The van der Waals surface area contributed by atoms with Crippen LogP contribution in [-0.2, 0) is 0 Å². The SMILES string of the molecule is COc1cc(Sc2ccc(N)cc2)ccc1Br. The largest absolute Gasteiger partial charge is 0.496 e. The first-order chi connectivity index (χ1) is 8.19. The third kappa shape index (κ3) is 3.17. The van der Waals surface area contributed by atoms with Gasteiger partial charge in [-0.25, -0.2) is 0 Å². The molecule has 0 aliphatic heterocycles. The van der Waals surface area contributed by atoms with Gasteiger partial charge in [0.15, 0.2) is 0 Å². The van der Waals surface area contributed by atoms with E-state index in [4.69, 9.17) is 10.5 Å². The number of anilines is 1. The van der Waals surface area contributed by atoms with Crippen molar-refractivity contribution in [3.8, 4) is 5.75 Å². The maximum atomic E-state index is 5.65. The summed E-state index contributed by atoms with van der Waals surface area (Å²) in [6.07, 6.45) is 0. The maximum Gasteiger partial charge on any atom is 0.134 e. The fraction of sp³-hybridized carbons (Fsp3) is 0.0769. The molecule has 17 heavy (non-hydrogen) atoms. The highest BCUT2D eigenvalue weighted by atomic mass is 79.9. The molecule has 0 aromatic heterocycles. The van der Waals surface area contributed by atoms with Crippen LogP contribution in [-0.4, -0.2) is 7.11 Å². The highest BCUT2D eigenvalue weighted by molar-refractivity contribution is 9.10. The molecule has 0 saturated carbocycles. The van der Waals surface area contributed by atoms with Crippen LogP contribution in [0.2, 0.25) is 0 Å². The molecule has 2 N–H and O–H groups in total. The lowest BCUT2D eigenvalue weighted by Gasteiger charge is -2.06. The highest BCUT2D eigenvalue weighted by Crippen LogP contribution is 2.34. The second-order valence-corrected chi connectivity index (χ2v) is 5.47. The van der Waals surface area contributed by atoms with Gasteiger partial charge in [-0.15, -0.1) is 0 Å². The molecule has 0 aliphatic rings. The Labute approximate surface area is 113 Å². The fourth-order valence-electron chi connectivity index (χ4n) is 1.38. The average molecular weight is 310 g/mol. The Morgan fingerprint density at radius 3 is 2.35 bits per heavy atom. The summed E-state index contributed by atoms with van der Waals surface area (Å²) in [4.78, 5) is 2.29. The molecule has 0 spiro atoms. The summed E-state index contributed by atoms with van der Waals surface area (Å²) in [6.45, 7) is 0. The Balaban J connectivity index is 2.21. The molecular formula is C13H12BrNOS. The predicted molar refractivity (Wildman–Crippen MR) is 75.7 cm³/mol. The molecule has 4 heteroatoms. The lowest BCUT2D eigenvalue weighted by molar-refractivity contribution is 0.411. The van der Waals surface area contributed by atoms with Crippen molar-refractivity contribution in [2.75, 3.05) is 12.8 Å². The predicted octanol–water partition coefficient (Wildman–Crippen LogP) is 4.19. The minimum atomic E-state index is 0.780. The van der Waals surface area contributed by atoms with Gasteiger partial charge in [0.2, 0.25) is 0 Å². The first-order valence-corrected chi connectivity index (χ1v) is 6.67. The number of benzene rings is 2. The monoisotopic (exact) mass is 309 g/mol. The van der Waals surface area contributed by atoms with Crippen molar-refractivity contribution >= 4 is 33.4 Å². The third-order valence-electron chi connectivity index (χ3n) is 2.24. The Hall–Kier alpha value is -1.13. The van der Waals surface area contributed by atoms with Crippen LogP contribution in [0.1, 0.15) is 0 Å². The van der Waals surface area contributed by atoms with E-state index in [-0.39, 0.29) is 0 Å². The number of nitrogen functional groups attached to an aromatic ring is 1. The van der Waals surface area contributed by atoms with Gasteiger partial charge in [-0.1, -0.05) is 11.8 Å². The number of ether oxygens (including phenoxy) is 1. The van der Waals surface area contributed by atoms with Crippen molar-refractivity contribution in [2.45, 2.75) is 9.79 Å². The molecular weight excluding hydrogens is 298 g/mol. The molecule has 2 rings (SSSR count). The van der Waals surface area contributed by atoms with Crippen LogP contribution in [0, 0.1) is 0 Å². The molecule has 2 nitrogen and oxygen atoms in total. The molecule has 0 heterocycles. The standard InChI is InChI=1S/C13H12BrNOS/c1-16-13-8-11(6-7-12(13)14)17-10-4-2-9(15)3-5-10/h2-8H,15H2,1H3. The average Bonchev–Trinajstić information content (AvgIpc) is 2.34. The number of hydrogen-bond donors (Lipinski definition) is 1. The minimum Gasteiger partial charge on any atom is -0.496 e. The summed E-state index contributed by atoms with van der Waals surface area (Å²) in [5, 5.41) is 0. The summed E-state index contributed by atoms with van der Waals surface area (Å²) in [7, 11) is 1.66. The number of hydrogen-bond acceptors (Lipinski definition) is 3. The van der Waals surface area contributed by atoms with Crippen LogP contribution in [0.3, 0.4) is 0 Å². The van der Waals surface area contributed by atoms with E-state index in [2.05, 4.69) is 15.9 Å². The summed E-state index contributed by atoms with van der Waals surface area (Å²) < 4.78 is 6.22. The number of methoxy groups -OCH3 is 1. The Kier molecular flexibility index (Phi) is 3.97. The zero-order chi connectivity index (χ0) is 12.3. The molecule has 0 amide bonds. The molecule has 0 bridgehead atoms. The van der Waals surface area contributed by atoms with Gasteiger partial charge in [0, 0.05) is 15.5 Å². The quantitative estimate of drug-likeness (QED) is 0.863. The Morgan fingerprint density at radius 2 is 1.71 bits per heavy atom. The van der Waals surface area contributed by atoms with Crippen LogP contribution in [0.5, 0.6) is 5.75 Å². The van der Waals surface area contributed by atoms with Gasteiger partial charge in [-0.2, -0.15) is 0 Å². The topological polar surface area (TPSA) is 35.2 Å². The lowest BCUT2D eigenvalue weighted by Crippen LogP contribution is -1.85. The van der Waals surface area contributed by atoms with Gasteiger partial charge in [0.05, 0.1) is 11.6 Å². The van der Waals surface area contributed by atoms with Gasteiger partial charge in [0.1, 0.15) is 5.75 Å². The number of halogens is 1. The first-order valence-electron chi connectivity index (χ1n) is 5.06. The van der Waals surface area contributed by atoms with E-state index in [0.29, 0.717) is 0 Å². The van der Waals surface area contributed by atoms with E-state index in [1.807, 2.05) is 42.5 Å². The van der Waals surface area contributed by atoms with E-state index in [1.54, 1.807) is 18.9 Å². The summed E-state index contributed by atoms with van der Waals surface area (Å²) >= 11 is 5.11. The molecule has 2 aromatic rings. The van der Waals surface area contributed by atoms with Gasteiger partial charge < -0.3 is 10.5 Å². The van der Waals surface area contributed by atoms with E-state index >= 15 is 0 Å². The molecule has 0 fully saturated rings. The van der Waals surface area contributed by atoms with E-state index in [1.165, 1.54) is 0 Å². The highest BCUT2D eigenvalue weighted by Gasteiger charge is 2.03. The molecule has 0 unspecified atom stereocenters. The summed E-state index contributed by atoms with van der Waals surface area (Å²) in [5.74, 6) is 0.838. The molecule has 0 atom stereocenters. The molecule has 0 radical (unpaired) electrons. The smallest absolute Gasteiger partial charge is 0.134 e. The first kappa shape index (κ1) is 12.3. The second-order valence-electron chi connectivity index (χ2n) is 3.47. The Morgan fingerprint density at radius 1 is 1.06 bits per heavy atom. The zero-order valence-electron chi connectivity index (χ0n) is 9.31. The van der Waals surface area contributed by atoms with E-state index in [9.17, 15) is 0 Å². The summed E-state index contributed by atoms with van der Waals surface area (Å²) in [5.41, 5.74) is 6.43. The van der Waals surface area contributed by atoms with E-state index in [0.717, 1.165) is 25.7 Å². The van der Waals surface area contributed by atoms with Crippen LogP contribution >= 0.6 is 27.7 Å². The van der Waals surface area contributed by atoms with Crippen LogP contribution in [0.4, 0.5) is 5.69 Å². The minimum absolute atomic E-state index is 0.780. The van der Waals surface area contributed by atoms with Crippen molar-refractivity contribution < 1.29 is 4.74 Å². The molecule has 0 saturated heterocycles. The Bertz CT molecular complexity index is 513. The van der Waals surface area contributed by atoms with Gasteiger partial charge >= 0.3 is 0 Å². The maximum absolute atomic E-state index is 5.65. The number of rotatable bonds is 3. The van der Waals surface area contributed by atoms with Crippen LogP contribution in [0.25, 0.3) is 0 Å². The van der Waals surface area contributed by atoms with Crippen molar-refractivity contribution in [1.82, 2.24) is 0 Å². The fourth-order valence-corrected chi connectivity index (χ4v) is 2.63. The lowest BCUT2D eigenvalue weighted by atomic mass is 10.3. The molecule has 2 aromatic carbocycles. The molecule has 88 valence electrons. The van der Waals surface area contributed by atoms with Gasteiger partial charge in [-0.05, 0) is 58.4 Å². The van der Waals surface area contributed by atoms with Crippen LogP contribution in [0.15, 0.2) is 56.7 Å². The van der Waals surface area contributed by atoms with Crippen molar-refractivity contribution in [3.63, 3.8) is 0 Å². The van der Waals surface area contributed by atoms with Crippen molar-refractivity contribution in [3.05, 3.63) is 46.9 Å². The van der Waals surface area contributed by atoms with Gasteiger partial charge in [0.25, 0.3) is 0 Å². The van der Waals surface area contributed by atoms with E-state index < -0.39 is 0 Å². The van der Waals surface area contributed by atoms with Crippen LogP contribution < -0.4 is 10.5 Å². The number of nitrogens with two attached hydrogens (primary N) is 1. The normalized spacial score (nSPS) is 10.2. The molecule has 0 aliphatic carbocycles.